The van der Waals surface area contributed by atoms with Gasteiger partial charge >= 0.3 is 0 Å². The van der Waals surface area contributed by atoms with E-state index in [9.17, 15) is 10.1 Å². The Kier molecular flexibility index (Phi) is 6.48. The SMILES string of the molecule is N#C/C(=C/Nc1ccccc1Cl)C(=O)N1CCN(Cc2ccccc2)CC1. The highest BCUT2D eigenvalue weighted by molar-refractivity contribution is 6.33. The molecule has 138 valence electrons. The number of hydrogen-bond acceptors (Lipinski definition) is 4. The van der Waals surface area contributed by atoms with Crippen LogP contribution < -0.4 is 5.32 Å². The van der Waals surface area contributed by atoms with Crippen LogP contribution in [0.4, 0.5) is 5.69 Å². The second kappa shape index (κ2) is 9.22. The molecular formula is C21H21ClN4O. The Labute approximate surface area is 164 Å². The maximum atomic E-state index is 12.6. The molecule has 0 aliphatic carbocycles. The van der Waals surface area contributed by atoms with Gasteiger partial charge in [-0.1, -0.05) is 54.1 Å². The number of carbonyl (C=O) groups is 1. The molecule has 3 rings (SSSR count). The second-order valence-corrected chi connectivity index (χ2v) is 6.76. The smallest absolute Gasteiger partial charge is 0.266 e. The molecule has 2 aromatic carbocycles. The summed E-state index contributed by atoms with van der Waals surface area (Å²) < 4.78 is 0. The van der Waals surface area contributed by atoms with Crippen molar-refractivity contribution >= 4 is 23.2 Å². The zero-order valence-electron chi connectivity index (χ0n) is 14.9. The highest BCUT2D eigenvalue weighted by Gasteiger charge is 2.23. The number of nitrogens with zero attached hydrogens (tertiary/aromatic N) is 3. The molecule has 1 heterocycles. The Morgan fingerprint density at radius 3 is 2.41 bits per heavy atom. The predicted octanol–water partition coefficient (Wildman–Crippen LogP) is 3.50. The topological polar surface area (TPSA) is 59.4 Å². The van der Waals surface area contributed by atoms with E-state index in [4.69, 9.17) is 11.6 Å². The molecule has 2 aromatic rings. The van der Waals surface area contributed by atoms with Gasteiger partial charge in [0.2, 0.25) is 0 Å². The number of amides is 1. The van der Waals surface area contributed by atoms with Gasteiger partial charge in [0.05, 0.1) is 10.7 Å². The van der Waals surface area contributed by atoms with E-state index < -0.39 is 0 Å². The van der Waals surface area contributed by atoms with E-state index in [0.29, 0.717) is 23.8 Å². The lowest BCUT2D eigenvalue weighted by molar-refractivity contribution is -0.128. The van der Waals surface area contributed by atoms with Crippen molar-refractivity contribution in [1.29, 1.82) is 5.26 Å². The first-order valence-corrected chi connectivity index (χ1v) is 9.22. The van der Waals surface area contributed by atoms with Gasteiger partial charge < -0.3 is 10.2 Å². The van der Waals surface area contributed by atoms with E-state index in [1.165, 1.54) is 11.8 Å². The van der Waals surface area contributed by atoms with Crippen molar-refractivity contribution in [2.24, 2.45) is 0 Å². The first-order chi connectivity index (χ1) is 13.2. The monoisotopic (exact) mass is 380 g/mol. The molecule has 1 amide bonds. The summed E-state index contributed by atoms with van der Waals surface area (Å²) in [5.41, 5.74) is 2.00. The minimum atomic E-state index is -0.253. The molecule has 1 N–H and O–H groups in total. The van der Waals surface area contributed by atoms with Crippen molar-refractivity contribution in [1.82, 2.24) is 9.80 Å². The molecule has 0 atom stereocenters. The first kappa shape index (κ1) is 19.0. The van der Waals surface area contributed by atoms with Crippen molar-refractivity contribution in [2.75, 3.05) is 31.5 Å². The van der Waals surface area contributed by atoms with Crippen LogP contribution in [0.3, 0.4) is 0 Å². The zero-order chi connectivity index (χ0) is 19.1. The minimum absolute atomic E-state index is 0.0754. The lowest BCUT2D eigenvalue weighted by Gasteiger charge is -2.34. The number of carbonyl (C=O) groups excluding carboxylic acids is 1. The van der Waals surface area contributed by atoms with Crippen LogP contribution in [0.2, 0.25) is 5.02 Å². The fourth-order valence-corrected chi connectivity index (χ4v) is 3.18. The van der Waals surface area contributed by atoms with Crippen molar-refractivity contribution in [2.45, 2.75) is 6.54 Å². The third-order valence-electron chi connectivity index (χ3n) is 4.51. The van der Waals surface area contributed by atoms with Gasteiger partial charge in [0.15, 0.2) is 0 Å². The van der Waals surface area contributed by atoms with Crippen molar-refractivity contribution < 1.29 is 4.79 Å². The fraction of sp³-hybridized carbons (Fsp3) is 0.238. The number of benzene rings is 2. The summed E-state index contributed by atoms with van der Waals surface area (Å²) in [6.45, 7) is 3.67. The van der Waals surface area contributed by atoms with Crippen molar-refractivity contribution in [3.05, 3.63) is 77.0 Å². The van der Waals surface area contributed by atoms with Crippen LogP contribution in [0.5, 0.6) is 0 Å². The summed E-state index contributed by atoms with van der Waals surface area (Å²) in [6.07, 6.45) is 1.43. The van der Waals surface area contributed by atoms with Crippen LogP contribution in [-0.2, 0) is 11.3 Å². The number of nitriles is 1. The Morgan fingerprint density at radius 1 is 1.07 bits per heavy atom. The summed E-state index contributed by atoms with van der Waals surface area (Å²) in [5, 5.41) is 12.9. The Balaban J connectivity index is 1.56. The van der Waals surface area contributed by atoms with E-state index in [2.05, 4.69) is 22.3 Å². The summed E-state index contributed by atoms with van der Waals surface area (Å²) in [5.74, 6) is -0.253. The molecule has 1 aliphatic rings. The Morgan fingerprint density at radius 2 is 1.74 bits per heavy atom. The average Bonchev–Trinajstić information content (AvgIpc) is 2.71. The zero-order valence-corrected chi connectivity index (χ0v) is 15.7. The van der Waals surface area contributed by atoms with E-state index in [-0.39, 0.29) is 11.5 Å². The molecule has 27 heavy (non-hydrogen) atoms. The number of rotatable bonds is 5. The number of halogens is 1. The Hall–Kier alpha value is -2.81. The highest BCUT2D eigenvalue weighted by atomic mass is 35.5. The maximum absolute atomic E-state index is 12.6. The third-order valence-corrected chi connectivity index (χ3v) is 4.83. The lowest BCUT2D eigenvalue weighted by atomic mass is 10.2. The second-order valence-electron chi connectivity index (χ2n) is 6.35. The molecule has 0 radical (unpaired) electrons. The van der Waals surface area contributed by atoms with Gasteiger partial charge in [0.1, 0.15) is 11.6 Å². The molecule has 0 aromatic heterocycles. The van der Waals surface area contributed by atoms with Crippen LogP contribution in [0.1, 0.15) is 5.56 Å². The van der Waals surface area contributed by atoms with E-state index in [1.807, 2.05) is 36.4 Å². The summed E-state index contributed by atoms with van der Waals surface area (Å²) >= 11 is 6.09. The van der Waals surface area contributed by atoms with Gasteiger partial charge in [-0.05, 0) is 17.7 Å². The number of nitrogens with one attached hydrogen (secondary N) is 1. The van der Waals surface area contributed by atoms with E-state index >= 15 is 0 Å². The molecule has 1 saturated heterocycles. The van der Waals surface area contributed by atoms with Gasteiger partial charge in [-0.3, -0.25) is 9.69 Å². The summed E-state index contributed by atoms with van der Waals surface area (Å²) in [7, 11) is 0. The fourth-order valence-electron chi connectivity index (χ4n) is 2.99. The molecular weight excluding hydrogens is 360 g/mol. The van der Waals surface area contributed by atoms with Crippen LogP contribution in [0, 0.1) is 11.3 Å². The van der Waals surface area contributed by atoms with Gasteiger partial charge in [0.25, 0.3) is 5.91 Å². The van der Waals surface area contributed by atoms with Crippen molar-refractivity contribution in [3.8, 4) is 6.07 Å². The molecule has 0 spiro atoms. The van der Waals surface area contributed by atoms with Gasteiger partial charge in [-0.15, -0.1) is 0 Å². The molecule has 0 unspecified atom stereocenters. The largest absolute Gasteiger partial charge is 0.359 e. The number of para-hydroxylation sites is 1. The number of anilines is 1. The quantitative estimate of drug-likeness (QED) is 0.637. The Bertz CT molecular complexity index is 852. The summed E-state index contributed by atoms with van der Waals surface area (Å²) in [6, 6.07) is 19.5. The number of piperazine rings is 1. The molecule has 0 saturated carbocycles. The third kappa shape index (κ3) is 5.10. The highest BCUT2D eigenvalue weighted by Crippen LogP contribution is 2.21. The van der Waals surface area contributed by atoms with E-state index in [0.717, 1.165) is 19.6 Å². The van der Waals surface area contributed by atoms with Gasteiger partial charge in [-0.2, -0.15) is 5.26 Å². The van der Waals surface area contributed by atoms with Gasteiger partial charge in [0, 0.05) is 38.9 Å². The lowest BCUT2D eigenvalue weighted by Crippen LogP contribution is -2.48. The van der Waals surface area contributed by atoms with Gasteiger partial charge in [-0.25, -0.2) is 0 Å². The first-order valence-electron chi connectivity index (χ1n) is 8.84. The van der Waals surface area contributed by atoms with Crippen LogP contribution >= 0.6 is 11.6 Å². The predicted molar refractivity (Wildman–Crippen MR) is 107 cm³/mol. The standard InChI is InChI=1S/C21H21ClN4O/c22-19-8-4-5-9-20(19)24-15-18(14-23)21(27)26-12-10-25(11-13-26)16-17-6-2-1-3-7-17/h1-9,15,24H,10-13,16H2/b18-15-. The van der Waals surface area contributed by atoms with Crippen molar-refractivity contribution in [3.63, 3.8) is 0 Å². The van der Waals surface area contributed by atoms with E-state index in [1.54, 1.807) is 17.0 Å². The molecule has 1 aliphatic heterocycles. The van der Waals surface area contributed by atoms with Crippen LogP contribution in [0.15, 0.2) is 66.4 Å². The summed E-state index contributed by atoms with van der Waals surface area (Å²) in [4.78, 5) is 16.7. The molecule has 0 bridgehead atoms. The normalized spacial score (nSPS) is 15.3. The van der Waals surface area contributed by atoms with Crippen LogP contribution in [0.25, 0.3) is 0 Å². The number of hydrogen-bond donors (Lipinski definition) is 1. The molecule has 1 fully saturated rings. The average molecular weight is 381 g/mol. The minimum Gasteiger partial charge on any atom is -0.359 e. The van der Waals surface area contributed by atoms with Crippen LogP contribution in [-0.4, -0.2) is 41.9 Å². The molecule has 6 heteroatoms. The maximum Gasteiger partial charge on any atom is 0.266 e. The molecule has 5 nitrogen and oxygen atoms in total.